The molecule has 32 heavy (non-hydrogen) atoms. The van der Waals surface area contributed by atoms with Crippen molar-refractivity contribution in [3.8, 4) is 11.5 Å². The van der Waals surface area contributed by atoms with E-state index in [-0.39, 0.29) is 11.9 Å². The Balaban J connectivity index is 1.61. The first-order valence-corrected chi connectivity index (χ1v) is 11.6. The van der Waals surface area contributed by atoms with E-state index in [0.717, 1.165) is 67.3 Å². The molecule has 0 N–H and O–H groups in total. The number of methoxy groups -OCH3 is 2. The molecule has 6 heteroatoms. The maximum Gasteiger partial charge on any atom is 0.254 e. The molecule has 4 rings (SSSR count). The number of amides is 1. The summed E-state index contributed by atoms with van der Waals surface area (Å²) in [4.78, 5) is 18.1. The fourth-order valence-electron chi connectivity index (χ4n) is 4.89. The normalized spacial score (nSPS) is 16.8. The van der Waals surface area contributed by atoms with Gasteiger partial charge in [-0.2, -0.15) is 0 Å². The van der Waals surface area contributed by atoms with Crippen molar-refractivity contribution in [1.29, 1.82) is 0 Å². The number of aryl methyl sites for hydroxylation is 1. The monoisotopic (exact) mass is 438 g/mol. The Kier molecular flexibility index (Phi) is 7.20. The molecule has 172 valence electrons. The topological polar surface area (TPSA) is 51.2 Å². The van der Waals surface area contributed by atoms with Crippen LogP contribution in [0.15, 0.2) is 36.4 Å². The van der Waals surface area contributed by atoms with Gasteiger partial charge in [0, 0.05) is 35.9 Å². The van der Waals surface area contributed by atoms with Gasteiger partial charge in [-0.3, -0.25) is 4.79 Å². The number of carbonyl (C=O) groups excluding carboxylic acids is 1. The molecule has 0 bridgehead atoms. The number of anilines is 1. The highest BCUT2D eigenvalue weighted by molar-refractivity contribution is 5.95. The van der Waals surface area contributed by atoms with Crippen molar-refractivity contribution in [1.82, 2.24) is 4.90 Å². The summed E-state index contributed by atoms with van der Waals surface area (Å²) in [5, 5.41) is 0. The molecule has 2 aliphatic rings. The van der Waals surface area contributed by atoms with Crippen molar-refractivity contribution >= 4 is 11.6 Å². The number of carbonyl (C=O) groups is 1. The number of hydrogen-bond donors (Lipinski definition) is 0. The Morgan fingerprint density at radius 1 is 1.06 bits per heavy atom. The lowest BCUT2D eigenvalue weighted by molar-refractivity contribution is 0.0662. The smallest absolute Gasteiger partial charge is 0.254 e. The van der Waals surface area contributed by atoms with Gasteiger partial charge in [0.15, 0.2) is 0 Å². The SMILES string of the molecule is COc1ccc(OC)c(CN(C(=O)c2ccc(N3CCOCC3)c(C)c2)C2CCCC2)c1. The Bertz CT molecular complexity index is 933. The van der Waals surface area contributed by atoms with Crippen LogP contribution in [0.1, 0.15) is 47.2 Å². The molecule has 1 aliphatic heterocycles. The minimum atomic E-state index is 0.0819. The van der Waals surface area contributed by atoms with Crippen LogP contribution in [0, 0.1) is 6.92 Å². The maximum absolute atomic E-state index is 13.8. The van der Waals surface area contributed by atoms with Crippen molar-refractivity contribution in [2.75, 3.05) is 45.4 Å². The van der Waals surface area contributed by atoms with E-state index in [9.17, 15) is 4.79 Å². The molecule has 0 radical (unpaired) electrons. The van der Waals surface area contributed by atoms with E-state index in [1.807, 2.05) is 35.2 Å². The number of hydrogen-bond acceptors (Lipinski definition) is 5. The molecule has 2 aromatic rings. The first kappa shape index (κ1) is 22.5. The van der Waals surface area contributed by atoms with Gasteiger partial charge in [0.05, 0.1) is 34.0 Å². The van der Waals surface area contributed by atoms with Crippen molar-refractivity contribution in [3.05, 3.63) is 53.1 Å². The van der Waals surface area contributed by atoms with Gasteiger partial charge in [-0.15, -0.1) is 0 Å². The van der Waals surface area contributed by atoms with E-state index in [1.165, 1.54) is 18.5 Å². The zero-order chi connectivity index (χ0) is 22.5. The van der Waals surface area contributed by atoms with Crippen LogP contribution in [0.2, 0.25) is 0 Å². The molecule has 0 unspecified atom stereocenters. The summed E-state index contributed by atoms with van der Waals surface area (Å²) in [6.07, 6.45) is 4.42. The van der Waals surface area contributed by atoms with E-state index in [2.05, 4.69) is 17.9 Å². The fourth-order valence-corrected chi connectivity index (χ4v) is 4.89. The molecular formula is C26H34N2O4. The van der Waals surface area contributed by atoms with Crippen LogP contribution >= 0.6 is 0 Å². The lowest BCUT2D eigenvalue weighted by atomic mass is 10.0. The van der Waals surface area contributed by atoms with Crippen molar-refractivity contribution in [2.45, 2.75) is 45.2 Å². The average Bonchev–Trinajstić information content (AvgIpc) is 3.37. The minimum absolute atomic E-state index is 0.0819. The second-order valence-electron chi connectivity index (χ2n) is 8.65. The highest BCUT2D eigenvalue weighted by Gasteiger charge is 2.29. The molecule has 6 nitrogen and oxygen atoms in total. The van der Waals surface area contributed by atoms with Gasteiger partial charge in [-0.1, -0.05) is 12.8 Å². The third-order valence-electron chi connectivity index (χ3n) is 6.65. The summed E-state index contributed by atoms with van der Waals surface area (Å²) >= 11 is 0. The van der Waals surface area contributed by atoms with Crippen LogP contribution in [0.4, 0.5) is 5.69 Å². The van der Waals surface area contributed by atoms with E-state index in [1.54, 1.807) is 14.2 Å². The molecule has 2 fully saturated rings. The van der Waals surface area contributed by atoms with Crippen LogP contribution in [-0.4, -0.2) is 57.4 Å². The largest absolute Gasteiger partial charge is 0.497 e. The second-order valence-corrected chi connectivity index (χ2v) is 8.65. The molecule has 2 aromatic carbocycles. The van der Waals surface area contributed by atoms with Crippen LogP contribution in [0.3, 0.4) is 0 Å². The van der Waals surface area contributed by atoms with E-state index in [0.29, 0.717) is 6.54 Å². The van der Waals surface area contributed by atoms with Crippen molar-refractivity contribution in [2.24, 2.45) is 0 Å². The van der Waals surface area contributed by atoms with Gasteiger partial charge in [0.25, 0.3) is 5.91 Å². The Morgan fingerprint density at radius 3 is 2.47 bits per heavy atom. The summed E-state index contributed by atoms with van der Waals surface area (Å²) in [5.41, 5.74) is 4.02. The standard InChI is InChI=1S/C26H34N2O4/c1-19-16-20(8-10-24(19)27-12-14-32-15-13-27)26(29)28(22-6-4-5-7-22)18-21-17-23(30-2)9-11-25(21)31-3/h8-11,16-17,22H,4-7,12-15,18H2,1-3H3. The van der Waals surface area contributed by atoms with Gasteiger partial charge in [0.1, 0.15) is 11.5 Å². The van der Waals surface area contributed by atoms with E-state index >= 15 is 0 Å². The average molecular weight is 439 g/mol. The van der Waals surface area contributed by atoms with Crippen LogP contribution in [0.5, 0.6) is 11.5 Å². The van der Waals surface area contributed by atoms with Crippen LogP contribution in [0.25, 0.3) is 0 Å². The number of benzene rings is 2. The molecule has 1 saturated carbocycles. The quantitative estimate of drug-likeness (QED) is 0.640. The number of morpholine rings is 1. The fraction of sp³-hybridized carbons (Fsp3) is 0.500. The summed E-state index contributed by atoms with van der Waals surface area (Å²) in [6.45, 7) is 5.87. The summed E-state index contributed by atoms with van der Waals surface area (Å²) in [7, 11) is 3.32. The lowest BCUT2D eigenvalue weighted by Crippen LogP contribution is -2.39. The molecule has 0 aromatic heterocycles. The maximum atomic E-state index is 13.8. The highest BCUT2D eigenvalue weighted by Crippen LogP contribution is 2.31. The van der Waals surface area contributed by atoms with Gasteiger partial charge >= 0.3 is 0 Å². The predicted molar refractivity (Wildman–Crippen MR) is 126 cm³/mol. The zero-order valence-electron chi connectivity index (χ0n) is 19.4. The lowest BCUT2D eigenvalue weighted by Gasteiger charge is -2.32. The van der Waals surface area contributed by atoms with Gasteiger partial charge in [0.2, 0.25) is 0 Å². The Hall–Kier alpha value is -2.73. The zero-order valence-corrected chi connectivity index (χ0v) is 19.4. The van der Waals surface area contributed by atoms with Gasteiger partial charge in [-0.25, -0.2) is 0 Å². The van der Waals surface area contributed by atoms with Gasteiger partial charge in [-0.05, 0) is 61.7 Å². The summed E-state index contributed by atoms with van der Waals surface area (Å²) in [5.74, 6) is 1.63. The molecule has 1 aliphatic carbocycles. The third-order valence-corrected chi connectivity index (χ3v) is 6.65. The molecule has 1 saturated heterocycles. The highest BCUT2D eigenvalue weighted by atomic mass is 16.5. The molecule has 1 heterocycles. The first-order valence-electron chi connectivity index (χ1n) is 11.6. The van der Waals surface area contributed by atoms with Crippen LogP contribution in [-0.2, 0) is 11.3 Å². The van der Waals surface area contributed by atoms with Crippen molar-refractivity contribution in [3.63, 3.8) is 0 Å². The predicted octanol–water partition coefficient (Wildman–Crippen LogP) is 4.43. The molecular weight excluding hydrogens is 404 g/mol. The van der Waals surface area contributed by atoms with E-state index < -0.39 is 0 Å². The van der Waals surface area contributed by atoms with Crippen molar-refractivity contribution < 1.29 is 19.0 Å². The summed E-state index contributed by atoms with van der Waals surface area (Å²) in [6, 6.07) is 12.1. The molecule has 0 spiro atoms. The van der Waals surface area contributed by atoms with Gasteiger partial charge < -0.3 is 24.0 Å². The van der Waals surface area contributed by atoms with Crippen LogP contribution < -0.4 is 14.4 Å². The Labute approximate surface area is 191 Å². The van der Waals surface area contributed by atoms with E-state index in [4.69, 9.17) is 14.2 Å². The number of rotatable bonds is 7. The molecule has 0 atom stereocenters. The number of ether oxygens (including phenoxy) is 3. The molecule has 1 amide bonds. The summed E-state index contributed by atoms with van der Waals surface area (Å²) < 4.78 is 16.5. The minimum Gasteiger partial charge on any atom is -0.497 e. The first-order chi connectivity index (χ1) is 15.6. The Morgan fingerprint density at radius 2 is 1.81 bits per heavy atom. The third kappa shape index (κ3) is 4.85. The second kappa shape index (κ2) is 10.3. The number of nitrogens with zero attached hydrogens (tertiary/aromatic N) is 2.